The fourth-order valence-corrected chi connectivity index (χ4v) is 4.18. The van der Waals surface area contributed by atoms with Crippen LogP contribution in [-0.4, -0.2) is 20.1 Å². The molecule has 6 nitrogen and oxygen atoms in total. The van der Waals surface area contributed by atoms with E-state index in [2.05, 4.69) is 11.4 Å². The number of carbonyl (C=O) groups excluding carboxylic acids is 1. The molecule has 1 heterocycles. The number of ether oxygens (including phenoxy) is 2. The van der Waals surface area contributed by atoms with Crippen LogP contribution in [-0.2, 0) is 4.79 Å². The molecule has 1 aliphatic heterocycles. The van der Waals surface area contributed by atoms with Crippen LogP contribution in [0.25, 0.3) is 0 Å². The molecular weight excluding hydrogens is 426 g/mol. The summed E-state index contributed by atoms with van der Waals surface area (Å²) >= 11 is 0. The highest BCUT2D eigenvalue weighted by Crippen LogP contribution is 2.29. The minimum absolute atomic E-state index is 0.0222. The van der Waals surface area contributed by atoms with Gasteiger partial charge in [0.1, 0.15) is 17.3 Å². The van der Waals surface area contributed by atoms with E-state index in [-0.39, 0.29) is 5.91 Å². The van der Waals surface area contributed by atoms with Gasteiger partial charge in [-0.25, -0.2) is 0 Å². The maximum Gasteiger partial charge on any atom is 0.232 e. The summed E-state index contributed by atoms with van der Waals surface area (Å²) in [6, 6.07) is 17.3. The van der Waals surface area contributed by atoms with Crippen LogP contribution < -0.4 is 19.7 Å². The minimum atomic E-state index is -0.0222. The Kier molecular flexibility index (Phi) is 9.84. The normalized spacial score (nSPS) is 18.5. The van der Waals surface area contributed by atoms with Crippen molar-refractivity contribution in [3.8, 4) is 17.6 Å². The lowest BCUT2D eigenvalue weighted by atomic mass is 10.0. The number of hydrogen-bond donors (Lipinski definition) is 1. The number of methoxy groups -OCH3 is 2. The standard InChI is InChI=1S/C28H35N3O3/c1-33-25-17-13-23(14-18-25)30-28-22(21-29)11-9-7-5-3-4-6-8-10-12-27(32)31(28)24-15-19-26(34-2)20-16-24/h13-20,30H,3-12H2,1-2H3/b28-22-. The minimum Gasteiger partial charge on any atom is -0.497 e. The zero-order chi connectivity index (χ0) is 24.2. The van der Waals surface area contributed by atoms with Crippen LogP contribution in [0, 0.1) is 11.3 Å². The molecule has 1 N–H and O–H groups in total. The predicted octanol–water partition coefficient (Wildman–Crippen LogP) is 6.80. The third kappa shape index (κ3) is 7.02. The van der Waals surface area contributed by atoms with Crippen LogP contribution in [0.5, 0.6) is 11.5 Å². The Hall–Kier alpha value is -3.46. The number of hydrogen-bond acceptors (Lipinski definition) is 5. The molecule has 0 aromatic heterocycles. The van der Waals surface area contributed by atoms with Gasteiger partial charge in [-0.3, -0.25) is 9.69 Å². The van der Waals surface area contributed by atoms with E-state index in [1.54, 1.807) is 19.1 Å². The molecule has 0 saturated carbocycles. The maximum absolute atomic E-state index is 13.6. The molecule has 0 bridgehead atoms. The molecule has 0 fully saturated rings. The van der Waals surface area contributed by atoms with Gasteiger partial charge in [0.05, 0.1) is 31.5 Å². The first kappa shape index (κ1) is 25.2. The van der Waals surface area contributed by atoms with Gasteiger partial charge in [0.15, 0.2) is 0 Å². The van der Waals surface area contributed by atoms with Gasteiger partial charge in [0, 0.05) is 12.1 Å². The number of nitrogens with one attached hydrogen (secondary N) is 1. The van der Waals surface area contributed by atoms with Crippen LogP contribution in [0.4, 0.5) is 11.4 Å². The summed E-state index contributed by atoms with van der Waals surface area (Å²) in [6.07, 6.45) is 9.69. The summed E-state index contributed by atoms with van der Waals surface area (Å²) in [6.45, 7) is 0. The van der Waals surface area contributed by atoms with E-state index in [0.29, 0.717) is 35.7 Å². The lowest BCUT2D eigenvalue weighted by molar-refractivity contribution is -0.118. The van der Waals surface area contributed by atoms with Gasteiger partial charge in [-0.1, -0.05) is 38.5 Å². The lowest BCUT2D eigenvalue weighted by Gasteiger charge is -2.28. The lowest BCUT2D eigenvalue weighted by Crippen LogP contribution is -2.34. The average molecular weight is 462 g/mol. The SMILES string of the molecule is COc1ccc(N/C2=C(/C#N)CCCCCCCCCCC(=O)N2c2ccc(OC)cc2)cc1. The Bertz CT molecular complexity index is 991. The number of allylic oxidation sites excluding steroid dienone is 1. The average Bonchev–Trinajstić information content (AvgIpc) is 2.87. The molecule has 0 saturated heterocycles. The van der Waals surface area contributed by atoms with Crippen LogP contribution >= 0.6 is 0 Å². The van der Waals surface area contributed by atoms with Gasteiger partial charge in [0.2, 0.25) is 5.91 Å². The highest BCUT2D eigenvalue weighted by molar-refractivity contribution is 5.97. The number of benzene rings is 2. The quantitative estimate of drug-likeness (QED) is 0.530. The second-order valence-corrected chi connectivity index (χ2v) is 8.55. The molecule has 0 atom stereocenters. The third-order valence-electron chi connectivity index (χ3n) is 6.14. The highest BCUT2D eigenvalue weighted by atomic mass is 16.5. The summed E-state index contributed by atoms with van der Waals surface area (Å²) in [5.74, 6) is 1.97. The van der Waals surface area contributed by atoms with Gasteiger partial charge in [0.25, 0.3) is 0 Å². The van der Waals surface area contributed by atoms with E-state index in [9.17, 15) is 10.1 Å². The van der Waals surface area contributed by atoms with Crippen molar-refractivity contribution in [2.24, 2.45) is 0 Å². The van der Waals surface area contributed by atoms with E-state index in [1.165, 1.54) is 19.3 Å². The smallest absolute Gasteiger partial charge is 0.232 e. The van der Waals surface area contributed by atoms with E-state index in [0.717, 1.165) is 43.5 Å². The van der Waals surface area contributed by atoms with Crippen molar-refractivity contribution in [3.05, 3.63) is 59.9 Å². The Balaban J connectivity index is 2.05. The molecular formula is C28H35N3O3. The molecule has 0 spiro atoms. The van der Waals surface area contributed by atoms with Crippen molar-refractivity contribution in [1.82, 2.24) is 0 Å². The summed E-state index contributed by atoms with van der Waals surface area (Å²) < 4.78 is 10.6. The molecule has 0 aliphatic carbocycles. The monoisotopic (exact) mass is 461 g/mol. The second-order valence-electron chi connectivity index (χ2n) is 8.55. The second kappa shape index (κ2) is 13.3. The van der Waals surface area contributed by atoms with Crippen molar-refractivity contribution in [2.45, 2.75) is 64.2 Å². The molecule has 1 amide bonds. The largest absolute Gasteiger partial charge is 0.497 e. The Morgan fingerprint density at radius 1 is 0.765 bits per heavy atom. The molecule has 0 unspecified atom stereocenters. The molecule has 0 radical (unpaired) electrons. The van der Waals surface area contributed by atoms with Crippen molar-refractivity contribution in [3.63, 3.8) is 0 Å². The number of carbonyl (C=O) groups is 1. The van der Waals surface area contributed by atoms with Crippen molar-refractivity contribution in [2.75, 3.05) is 24.4 Å². The molecule has 2 aromatic rings. The van der Waals surface area contributed by atoms with Crippen LogP contribution in [0.3, 0.4) is 0 Å². The van der Waals surface area contributed by atoms with E-state index in [1.807, 2.05) is 48.5 Å². The zero-order valence-electron chi connectivity index (χ0n) is 20.3. The van der Waals surface area contributed by atoms with Crippen molar-refractivity contribution in [1.29, 1.82) is 5.26 Å². The number of anilines is 2. The third-order valence-corrected chi connectivity index (χ3v) is 6.14. The highest BCUT2D eigenvalue weighted by Gasteiger charge is 2.24. The molecule has 1 aliphatic rings. The fourth-order valence-electron chi connectivity index (χ4n) is 4.18. The predicted molar refractivity (Wildman–Crippen MR) is 136 cm³/mol. The van der Waals surface area contributed by atoms with Crippen LogP contribution in [0.1, 0.15) is 64.2 Å². The number of nitriles is 1. The molecule has 6 heteroatoms. The topological polar surface area (TPSA) is 74.6 Å². The van der Waals surface area contributed by atoms with E-state index < -0.39 is 0 Å². The number of nitrogens with zero attached hydrogens (tertiary/aromatic N) is 2. The first-order chi connectivity index (χ1) is 16.7. The van der Waals surface area contributed by atoms with E-state index >= 15 is 0 Å². The zero-order valence-corrected chi connectivity index (χ0v) is 20.3. The van der Waals surface area contributed by atoms with E-state index in [4.69, 9.17) is 9.47 Å². The number of rotatable bonds is 5. The Morgan fingerprint density at radius 2 is 1.26 bits per heavy atom. The summed E-state index contributed by atoms with van der Waals surface area (Å²) in [5, 5.41) is 13.5. The van der Waals surface area contributed by atoms with Crippen molar-refractivity contribution >= 4 is 17.3 Å². The van der Waals surface area contributed by atoms with Crippen LogP contribution in [0.2, 0.25) is 0 Å². The fraction of sp³-hybridized carbons (Fsp3) is 0.429. The molecule has 3 rings (SSSR count). The number of amides is 1. The van der Waals surface area contributed by atoms with Gasteiger partial charge >= 0.3 is 0 Å². The first-order valence-electron chi connectivity index (χ1n) is 12.2. The Morgan fingerprint density at radius 3 is 1.79 bits per heavy atom. The Labute approximate surface area is 203 Å². The van der Waals surface area contributed by atoms with Crippen molar-refractivity contribution < 1.29 is 14.3 Å². The summed E-state index contributed by atoms with van der Waals surface area (Å²) in [4.78, 5) is 15.3. The van der Waals surface area contributed by atoms with Gasteiger partial charge in [-0.05, 0) is 67.8 Å². The summed E-state index contributed by atoms with van der Waals surface area (Å²) in [7, 11) is 3.24. The summed E-state index contributed by atoms with van der Waals surface area (Å²) in [5.41, 5.74) is 2.08. The van der Waals surface area contributed by atoms with Gasteiger partial charge in [-0.2, -0.15) is 5.26 Å². The van der Waals surface area contributed by atoms with Gasteiger partial charge < -0.3 is 14.8 Å². The maximum atomic E-state index is 13.6. The van der Waals surface area contributed by atoms with Gasteiger partial charge in [-0.15, -0.1) is 0 Å². The first-order valence-corrected chi connectivity index (χ1v) is 12.2. The molecule has 34 heavy (non-hydrogen) atoms. The van der Waals surface area contributed by atoms with Crippen LogP contribution in [0.15, 0.2) is 59.9 Å². The molecule has 180 valence electrons. The molecule has 2 aromatic carbocycles.